The smallest absolute Gasteiger partial charge is 0.394 e. The molecule has 0 rings (SSSR count). The second-order valence-electron chi connectivity index (χ2n) is 7.38. The highest BCUT2D eigenvalue weighted by Gasteiger charge is 2.22. The van der Waals surface area contributed by atoms with Crippen molar-refractivity contribution >= 4 is 13.7 Å². The van der Waals surface area contributed by atoms with Gasteiger partial charge in [0.2, 0.25) is 5.91 Å². The maximum absolute atomic E-state index is 11.7. The van der Waals surface area contributed by atoms with Crippen LogP contribution in [0.25, 0.3) is 0 Å². The average Bonchev–Trinajstić information content (AvgIpc) is 2.82. The molecule has 0 fully saturated rings. The highest BCUT2D eigenvalue weighted by Crippen LogP contribution is 2.42. The van der Waals surface area contributed by atoms with Gasteiger partial charge in [-0.3, -0.25) is 13.8 Å². The summed E-state index contributed by atoms with van der Waals surface area (Å²) in [5.41, 5.74) is 0. The van der Waals surface area contributed by atoms with Crippen LogP contribution in [-0.2, 0) is 18.4 Å². The highest BCUT2D eigenvalue weighted by atomic mass is 31.2. The van der Waals surface area contributed by atoms with Gasteiger partial charge < -0.3 is 20.4 Å². The van der Waals surface area contributed by atoms with Gasteiger partial charge in [-0.25, -0.2) is 4.57 Å². The number of hydrogen-bond donors (Lipinski definition) is 4. The van der Waals surface area contributed by atoms with E-state index in [4.69, 9.17) is 10.2 Å². The first kappa shape index (κ1) is 32.2. The summed E-state index contributed by atoms with van der Waals surface area (Å²) in [6.07, 6.45) is 26.8. The number of nitrogens with one attached hydrogen (secondary N) is 1. The van der Waals surface area contributed by atoms with Crippen LogP contribution in [0, 0.1) is 0 Å². The van der Waals surface area contributed by atoms with Crippen molar-refractivity contribution < 1.29 is 33.5 Å². The number of phosphoric acid groups is 1. The topological polar surface area (TPSA) is 125 Å². The van der Waals surface area contributed by atoms with E-state index in [-0.39, 0.29) is 19.1 Å². The summed E-state index contributed by atoms with van der Waals surface area (Å²) in [5.74, 6) is -0.166. The normalized spacial score (nSPS) is 15.3. The molecule has 0 spiro atoms. The molecule has 0 heterocycles. The summed E-state index contributed by atoms with van der Waals surface area (Å²) < 4.78 is 20.7. The molecule has 0 aromatic carbocycles. The van der Waals surface area contributed by atoms with E-state index in [1.54, 1.807) is 0 Å². The Hall–Kier alpha value is -1.80. The summed E-state index contributed by atoms with van der Waals surface area (Å²) >= 11 is 0. The molecule has 0 saturated heterocycles. The van der Waals surface area contributed by atoms with E-state index in [1.807, 2.05) is 0 Å². The molecule has 0 radical (unpaired) electrons. The first-order valence-corrected chi connectivity index (χ1v) is 13.3. The van der Waals surface area contributed by atoms with Gasteiger partial charge in [-0.15, -0.1) is 0 Å². The van der Waals surface area contributed by atoms with Crippen molar-refractivity contribution in [3.05, 3.63) is 60.8 Å². The Balaban J connectivity index is 3.66. The number of aliphatic hydroxyl groups is 2. The number of unbranched alkanes of at least 4 members (excludes halogenated alkanes) is 1. The van der Waals surface area contributed by atoms with E-state index in [2.05, 4.69) is 82.0 Å². The van der Waals surface area contributed by atoms with Crippen LogP contribution in [0.15, 0.2) is 60.8 Å². The average molecular weight is 500 g/mol. The van der Waals surface area contributed by atoms with Crippen LogP contribution in [0.1, 0.15) is 58.3 Å². The van der Waals surface area contributed by atoms with Crippen molar-refractivity contribution in [2.75, 3.05) is 26.4 Å². The van der Waals surface area contributed by atoms with Gasteiger partial charge in [0.15, 0.2) is 0 Å². The second-order valence-corrected chi connectivity index (χ2v) is 8.84. The molecule has 0 aliphatic rings. The summed E-state index contributed by atoms with van der Waals surface area (Å²) in [4.78, 5) is 21.1. The summed E-state index contributed by atoms with van der Waals surface area (Å²) in [5, 5.41) is 20.3. The molecule has 1 unspecified atom stereocenters. The van der Waals surface area contributed by atoms with Gasteiger partial charge in [-0.05, 0) is 44.9 Å². The van der Waals surface area contributed by atoms with Crippen LogP contribution in [-0.4, -0.2) is 53.5 Å². The number of carbonyl (C=O) groups is 1. The first-order valence-electron chi connectivity index (χ1n) is 11.8. The Kier molecular flexibility index (Phi) is 21.8. The molecule has 0 aliphatic heterocycles. The maximum atomic E-state index is 11.7. The van der Waals surface area contributed by atoms with Gasteiger partial charge in [0.1, 0.15) is 6.10 Å². The quantitative estimate of drug-likeness (QED) is 0.104. The van der Waals surface area contributed by atoms with Gasteiger partial charge in [-0.2, -0.15) is 0 Å². The third-order valence-corrected chi connectivity index (χ3v) is 5.24. The number of allylic oxidation sites excluding steroid dienone is 10. The molecule has 0 saturated carbocycles. The van der Waals surface area contributed by atoms with Gasteiger partial charge in [-0.1, -0.05) is 67.7 Å². The van der Waals surface area contributed by atoms with Gasteiger partial charge in [0, 0.05) is 13.0 Å². The van der Waals surface area contributed by atoms with Gasteiger partial charge >= 0.3 is 7.82 Å². The number of rotatable bonds is 21. The van der Waals surface area contributed by atoms with Crippen molar-refractivity contribution in [3.63, 3.8) is 0 Å². The Bertz CT molecular complexity index is 701. The maximum Gasteiger partial charge on any atom is 0.472 e. The van der Waals surface area contributed by atoms with Crippen LogP contribution in [0.3, 0.4) is 0 Å². The van der Waals surface area contributed by atoms with Crippen molar-refractivity contribution in [1.82, 2.24) is 5.32 Å². The Morgan fingerprint density at radius 2 is 1.44 bits per heavy atom. The molecule has 4 N–H and O–H groups in total. The fourth-order valence-corrected chi connectivity index (χ4v) is 3.22. The van der Waals surface area contributed by atoms with E-state index in [1.165, 1.54) is 0 Å². The zero-order valence-electron chi connectivity index (χ0n) is 20.3. The van der Waals surface area contributed by atoms with Crippen LogP contribution in [0.5, 0.6) is 0 Å². The predicted molar refractivity (Wildman–Crippen MR) is 136 cm³/mol. The second kappa shape index (κ2) is 23.0. The molecular formula is C25H42NO7P. The van der Waals surface area contributed by atoms with Gasteiger partial charge in [0.25, 0.3) is 0 Å². The number of carbonyl (C=O) groups excluding carboxylic acids is 1. The fourth-order valence-electron chi connectivity index (χ4n) is 2.46. The molecule has 2 atom stereocenters. The Morgan fingerprint density at radius 1 is 0.912 bits per heavy atom. The molecule has 0 aromatic heterocycles. The van der Waals surface area contributed by atoms with E-state index in [0.29, 0.717) is 12.8 Å². The molecule has 194 valence electrons. The summed E-state index contributed by atoms with van der Waals surface area (Å²) in [6.45, 7) is 0.884. The number of aliphatic hydroxyl groups excluding tert-OH is 2. The Labute approximate surface area is 204 Å². The number of hydrogen-bond acceptors (Lipinski definition) is 6. The van der Waals surface area contributed by atoms with Crippen molar-refractivity contribution in [3.8, 4) is 0 Å². The third-order valence-electron chi connectivity index (χ3n) is 4.25. The standard InChI is InChI=1S/C25H42NO7P/c1-2-3-4-5-6-7-8-9-10-11-12-13-14-15-16-17-18-19-25(29)26-20-21-32-34(30,31)33-23-24(28)22-27/h3-4,6-7,9-10,12-13,15-16,24,27-28H,2,5,8,11,14,17-23H2,1H3,(H,26,29)(H,30,31)/b4-3-,7-6-,10-9-,13-12-,16-15-/t24-/m1/s1. The zero-order valence-corrected chi connectivity index (χ0v) is 21.2. The lowest BCUT2D eigenvalue weighted by Crippen LogP contribution is -2.27. The molecule has 0 aliphatic carbocycles. The minimum Gasteiger partial charge on any atom is -0.394 e. The lowest BCUT2D eigenvalue weighted by molar-refractivity contribution is -0.121. The minimum absolute atomic E-state index is 0.0664. The molecule has 34 heavy (non-hydrogen) atoms. The largest absolute Gasteiger partial charge is 0.472 e. The lowest BCUT2D eigenvalue weighted by atomic mass is 10.2. The first-order chi connectivity index (χ1) is 16.4. The monoisotopic (exact) mass is 499 g/mol. The summed E-state index contributed by atoms with van der Waals surface area (Å²) in [7, 11) is -4.32. The lowest BCUT2D eigenvalue weighted by Gasteiger charge is -2.14. The van der Waals surface area contributed by atoms with Gasteiger partial charge in [0.05, 0.1) is 19.8 Å². The summed E-state index contributed by atoms with van der Waals surface area (Å²) in [6, 6.07) is 0. The molecule has 8 nitrogen and oxygen atoms in total. The van der Waals surface area contributed by atoms with E-state index in [0.717, 1.165) is 38.5 Å². The number of amides is 1. The molecule has 0 bridgehead atoms. The van der Waals surface area contributed by atoms with Crippen molar-refractivity contribution in [2.24, 2.45) is 0 Å². The third kappa shape index (κ3) is 23.4. The fraction of sp³-hybridized carbons (Fsp3) is 0.560. The van der Waals surface area contributed by atoms with Crippen molar-refractivity contribution in [2.45, 2.75) is 64.4 Å². The molecule has 0 aromatic rings. The van der Waals surface area contributed by atoms with Crippen LogP contribution >= 0.6 is 7.82 Å². The van der Waals surface area contributed by atoms with E-state index in [9.17, 15) is 14.3 Å². The highest BCUT2D eigenvalue weighted by molar-refractivity contribution is 7.47. The predicted octanol–water partition coefficient (Wildman–Crippen LogP) is 4.51. The van der Waals surface area contributed by atoms with E-state index >= 15 is 0 Å². The minimum atomic E-state index is -4.32. The molecule has 9 heteroatoms. The SMILES string of the molecule is CC/C=C\C/C=C\C/C=C\C/C=C\C/C=C\CCCC(=O)NCCOP(=O)(O)OC[C@H](O)CO. The van der Waals surface area contributed by atoms with Crippen LogP contribution in [0.4, 0.5) is 0 Å². The van der Waals surface area contributed by atoms with Crippen molar-refractivity contribution in [1.29, 1.82) is 0 Å². The van der Waals surface area contributed by atoms with Crippen LogP contribution in [0.2, 0.25) is 0 Å². The number of phosphoric ester groups is 1. The Morgan fingerprint density at radius 3 is 1.97 bits per heavy atom. The zero-order chi connectivity index (χ0) is 25.3. The van der Waals surface area contributed by atoms with E-state index < -0.39 is 27.1 Å². The molecule has 1 amide bonds. The van der Waals surface area contributed by atoms with Crippen LogP contribution < -0.4 is 5.32 Å². The molecular weight excluding hydrogens is 457 g/mol.